The topological polar surface area (TPSA) is 52.6 Å². The molecule has 0 aromatic carbocycles. The first-order valence-electron chi connectivity index (χ1n) is 3.98. The highest BCUT2D eigenvalue weighted by Crippen LogP contribution is 2.24. The minimum Gasteiger partial charge on any atom is -0.378 e. The van der Waals surface area contributed by atoms with Crippen molar-refractivity contribution in [1.29, 1.82) is 0 Å². The summed E-state index contributed by atoms with van der Waals surface area (Å²) in [6.45, 7) is 4.27. The summed E-state index contributed by atoms with van der Waals surface area (Å²) in [5.41, 5.74) is -0.630. The minimum atomic E-state index is -3.34. The Kier molecular flexibility index (Phi) is 2.75. The van der Waals surface area contributed by atoms with Gasteiger partial charge in [0.15, 0.2) is 0 Å². The summed E-state index contributed by atoms with van der Waals surface area (Å²) in [6, 6.07) is 0. The van der Waals surface area contributed by atoms with E-state index < -0.39 is 15.7 Å². The van der Waals surface area contributed by atoms with E-state index in [-0.39, 0.29) is 5.75 Å². The maximum absolute atomic E-state index is 11.1. The summed E-state index contributed by atoms with van der Waals surface area (Å²) in [6.07, 6.45) is 0.645. The first-order valence-corrected chi connectivity index (χ1v) is 5.56. The van der Waals surface area contributed by atoms with Crippen molar-refractivity contribution in [3.8, 4) is 0 Å². The maximum atomic E-state index is 11.1. The van der Waals surface area contributed by atoms with Crippen molar-refractivity contribution in [3.05, 3.63) is 0 Å². The van der Waals surface area contributed by atoms with Gasteiger partial charge in [0.2, 0.25) is 0 Å². The summed E-state index contributed by atoms with van der Waals surface area (Å²) in [5, 5.41) is 0. The van der Waals surface area contributed by atoms with Gasteiger partial charge in [0, 0.05) is 13.0 Å². The van der Waals surface area contributed by atoms with Gasteiger partial charge in [-0.1, -0.05) is 0 Å². The second kappa shape index (κ2) is 3.32. The molecule has 0 N–H and O–H groups in total. The summed E-state index contributed by atoms with van der Waals surface area (Å²) in [4.78, 5) is 0. The van der Waals surface area contributed by atoms with E-state index in [0.717, 1.165) is 0 Å². The van der Waals surface area contributed by atoms with Gasteiger partial charge in [-0.25, -0.2) is 0 Å². The molecule has 1 aliphatic heterocycles. The molecule has 1 unspecified atom stereocenters. The molecular weight excluding hydrogens is 180 g/mol. The number of hydrogen-bond acceptors (Lipinski definition) is 4. The van der Waals surface area contributed by atoms with Crippen LogP contribution in [0, 0.1) is 0 Å². The molecule has 0 aliphatic carbocycles. The van der Waals surface area contributed by atoms with Crippen LogP contribution >= 0.6 is 0 Å². The molecule has 1 fully saturated rings. The molecule has 0 amide bonds. The van der Waals surface area contributed by atoms with Crippen LogP contribution in [0.4, 0.5) is 0 Å². The molecule has 4 nitrogen and oxygen atoms in total. The molecule has 0 saturated carbocycles. The number of ether oxygens (including phenoxy) is 1. The summed E-state index contributed by atoms with van der Waals surface area (Å²) in [5.74, 6) is 0.0165. The van der Waals surface area contributed by atoms with Gasteiger partial charge in [-0.2, -0.15) is 8.42 Å². The van der Waals surface area contributed by atoms with Crippen molar-refractivity contribution in [3.63, 3.8) is 0 Å². The molecule has 72 valence electrons. The smallest absolute Gasteiger partial charge is 0.267 e. The van der Waals surface area contributed by atoms with Crippen LogP contribution in [0.2, 0.25) is 0 Å². The van der Waals surface area contributed by atoms with E-state index in [1.807, 2.05) is 0 Å². The van der Waals surface area contributed by atoms with E-state index in [9.17, 15) is 8.42 Å². The van der Waals surface area contributed by atoms with Gasteiger partial charge < -0.3 is 4.74 Å². The molecule has 1 saturated heterocycles. The molecule has 5 heteroatoms. The second-order valence-electron chi connectivity index (χ2n) is 3.18. The lowest BCUT2D eigenvalue weighted by atomic mass is 10.1. The molecule has 0 radical (unpaired) electrons. The Morgan fingerprint density at radius 2 is 2.25 bits per heavy atom. The minimum absolute atomic E-state index is 0.0165. The van der Waals surface area contributed by atoms with Crippen molar-refractivity contribution in [1.82, 2.24) is 0 Å². The van der Waals surface area contributed by atoms with Gasteiger partial charge in [-0.3, -0.25) is 4.18 Å². The average Bonchev–Trinajstić information content (AvgIpc) is 2.35. The van der Waals surface area contributed by atoms with E-state index in [0.29, 0.717) is 19.6 Å². The van der Waals surface area contributed by atoms with E-state index in [1.54, 1.807) is 13.8 Å². The zero-order valence-corrected chi connectivity index (χ0v) is 8.19. The summed E-state index contributed by atoms with van der Waals surface area (Å²) in [7, 11) is -3.34. The van der Waals surface area contributed by atoms with Crippen LogP contribution in [0.5, 0.6) is 0 Å². The Balaban J connectivity index is 2.61. The molecular formula is C7H14O4S. The Hall–Kier alpha value is -0.130. The Bertz CT molecular complexity index is 238. The fraction of sp³-hybridized carbons (Fsp3) is 1.00. The van der Waals surface area contributed by atoms with Crippen molar-refractivity contribution >= 4 is 10.1 Å². The van der Waals surface area contributed by atoms with Crippen LogP contribution in [0.3, 0.4) is 0 Å². The van der Waals surface area contributed by atoms with Crippen LogP contribution in [0.15, 0.2) is 0 Å². The van der Waals surface area contributed by atoms with Crippen molar-refractivity contribution in [2.45, 2.75) is 25.9 Å². The average molecular weight is 194 g/mol. The predicted octanol–water partition coefficient (Wildman–Crippen LogP) is 0.532. The molecule has 0 spiro atoms. The zero-order valence-electron chi connectivity index (χ0n) is 7.37. The lowest BCUT2D eigenvalue weighted by molar-refractivity contribution is 0.0727. The molecule has 1 aliphatic rings. The Morgan fingerprint density at radius 1 is 1.58 bits per heavy atom. The summed E-state index contributed by atoms with van der Waals surface area (Å²) < 4.78 is 32.2. The molecule has 0 bridgehead atoms. The van der Waals surface area contributed by atoms with Crippen LogP contribution in [-0.4, -0.2) is 33.0 Å². The molecule has 1 rings (SSSR count). The fourth-order valence-corrected chi connectivity index (χ4v) is 1.94. The van der Waals surface area contributed by atoms with Gasteiger partial charge in [0.1, 0.15) is 5.60 Å². The SMILES string of the molecule is CCS(=O)(=O)OC1(C)CCOC1. The van der Waals surface area contributed by atoms with Gasteiger partial charge >= 0.3 is 0 Å². The Labute approximate surface area is 73.0 Å². The lowest BCUT2D eigenvalue weighted by Crippen LogP contribution is -2.32. The number of hydrogen-bond donors (Lipinski definition) is 0. The quantitative estimate of drug-likeness (QED) is 0.615. The third-order valence-corrected chi connectivity index (χ3v) is 3.23. The monoisotopic (exact) mass is 194 g/mol. The van der Waals surface area contributed by atoms with Gasteiger partial charge in [0.05, 0.1) is 12.4 Å². The Morgan fingerprint density at radius 3 is 2.67 bits per heavy atom. The largest absolute Gasteiger partial charge is 0.378 e. The van der Waals surface area contributed by atoms with Crippen molar-refractivity contribution in [2.75, 3.05) is 19.0 Å². The lowest BCUT2D eigenvalue weighted by Gasteiger charge is -2.20. The van der Waals surface area contributed by atoms with Crippen molar-refractivity contribution < 1.29 is 17.3 Å². The molecule has 0 aromatic rings. The normalized spacial score (nSPS) is 30.8. The fourth-order valence-electron chi connectivity index (χ4n) is 1.08. The van der Waals surface area contributed by atoms with E-state index in [4.69, 9.17) is 8.92 Å². The first-order chi connectivity index (χ1) is 5.47. The highest BCUT2D eigenvalue weighted by Gasteiger charge is 2.35. The van der Waals surface area contributed by atoms with Crippen molar-refractivity contribution in [2.24, 2.45) is 0 Å². The van der Waals surface area contributed by atoms with E-state index in [1.165, 1.54) is 0 Å². The molecule has 12 heavy (non-hydrogen) atoms. The van der Waals surface area contributed by atoms with Gasteiger partial charge in [-0.15, -0.1) is 0 Å². The molecule has 0 aromatic heterocycles. The van der Waals surface area contributed by atoms with Gasteiger partial charge in [0.25, 0.3) is 10.1 Å². The van der Waals surface area contributed by atoms with E-state index >= 15 is 0 Å². The molecule has 1 atom stereocenters. The van der Waals surface area contributed by atoms with Gasteiger partial charge in [-0.05, 0) is 13.8 Å². The summed E-state index contributed by atoms with van der Waals surface area (Å²) >= 11 is 0. The number of rotatable bonds is 3. The van der Waals surface area contributed by atoms with Crippen LogP contribution < -0.4 is 0 Å². The predicted molar refractivity (Wildman–Crippen MR) is 44.4 cm³/mol. The zero-order chi connectivity index (χ0) is 9.24. The van der Waals surface area contributed by atoms with Crippen LogP contribution in [-0.2, 0) is 19.0 Å². The third kappa shape index (κ3) is 2.43. The van der Waals surface area contributed by atoms with E-state index in [2.05, 4.69) is 0 Å². The van der Waals surface area contributed by atoms with Crippen LogP contribution in [0.1, 0.15) is 20.3 Å². The highest BCUT2D eigenvalue weighted by molar-refractivity contribution is 7.86. The molecule has 1 heterocycles. The van der Waals surface area contributed by atoms with Crippen LogP contribution in [0.25, 0.3) is 0 Å². The highest BCUT2D eigenvalue weighted by atomic mass is 32.2. The standard InChI is InChI=1S/C7H14O4S/c1-3-12(8,9)11-7(2)4-5-10-6-7/h3-6H2,1-2H3. The third-order valence-electron chi connectivity index (χ3n) is 1.86. The second-order valence-corrected chi connectivity index (χ2v) is 5.04. The first kappa shape index (κ1) is 9.95. The maximum Gasteiger partial charge on any atom is 0.267 e.